The molecule has 4 rings (SSSR count). The first-order chi connectivity index (χ1) is 14.7. The van der Waals surface area contributed by atoms with E-state index in [1.807, 2.05) is 24.5 Å². The summed E-state index contributed by atoms with van der Waals surface area (Å²) in [4.78, 5) is 9.25. The molecule has 0 radical (unpaired) electrons. The first-order valence-corrected chi connectivity index (χ1v) is 11.4. The standard InChI is InChI=1S/C27H32N2O/c1-3-4-5-6-7-8-9-21-10-12-22(13-11-21)25-18-28-27(29-19-25)23-14-15-26-24(17-23)16-20(2)30-26/h10-15,17-20H,3-9,16H2,1-2H3. The molecule has 2 aromatic carbocycles. The third-order valence-electron chi connectivity index (χ3n) is 5.91. The highest BCUT2D eigenvalue weighted by molar-refractivity contribution is 5.65. The number of hydrogen-bond donors (Lipinski definition) is 0. The van der Waals surface area contributed by atoms with Crippen LogP contribution in [0.3, 0.4) is 0 Å². The second kappa shape index (κ2) is 9.88. The van der Waals surface area contributed by atoms with Crippen molar-refractivity contribution in [3.8, 4) is 28.3 Å². The highest BCUT2D eigenvalue weighted by atomic mass is 16.5. The van der Waals surface area contributed by atoms with Gasteiger partial charge in [0.15, 0.2) is 5.82 Å². The quantitative estimate of drug-likeness (QED) is 0.361. The van der Waals surface area contributed by atoms with Crippen LogP contribution >= 0.6 is 0 Å². The van der Waals surface area contributed by atoms with Gasteiger partial charge in [0.05, 0.1) is 0 Å². The fourth-order valence-corrected chi connectivity index (χ4v) is 4.16. The Bertz CT molecular complexity index is 948. The Labute approximate surface area is 180 Å². The molecule has 0 spiro atoms. The molecule has 0 aliphatic carbocycles. The molecule has 1 aromatic heterocycles. The summed E-state index contributed by atoms with van der Waals surface area (Å²) < 4.78 is 5.79. The summed E-state index contributed by atoms with van der Waals surface area (Å²) >= 11 is 0. The predicted molar refractivity (Wildman–Crippen MR) is 124 cm³/mol. The Morgan fingerprint density at radius 2 is 1.53 bits per heavy atom. The molecule has 156 valence electrons. The fourth-order valence-electron chi connectivity index (χ4n) is 4.16. The van der Waals surface area contributed by atoms with E-state index in [0.29, 0.717) is 0 Å². The topological polar surface area (TPSA) is 35.0 Å². The van der Waals surface area contributed by atoms with Crippen molar-refractivity contribution in [2.24, 2.45) is 0 Å². The molecule has 0 bridgehead atoms. The second-order valence-corrected chi connectivity index (χ2v) is 8.47. The van der Waals surface area contributed by atoms with Gasteiger partial charge in [0, 0.05) is 29.9 Å². The van der Waals surface area contributed by atoms with E-state index < -0.39 is 0 Å². The van der Waals surface area contributed by atoms with Gasteiger partial charge in [-0.1, -0.05) is 63.3 Å². The number of hydrogen-bond acceptors (Lipinski definition) is 3. The first kappa shape index (κ1) is 20.6. The molecular formula is C27H32N2O. The summed E-state index contributed by atoms with van der Waals surface area (Å²) in [6, 6.07) is 15.1. The molecule has 1 atom stereocenters. The van der Waals surface area contributed by atoms with Gasteiger partial charge in [-0.05, 0) is 54.7 Å². The minimum atomic E-state index is 0.252. The largest absolute Gasteiger partial charge is 0.490 e. The molecule has 0 amide bonds. The van der Waals surface area contributed by atoms with Crippen LogP contribution in [0.2, 0.25) is 0 Å². The lowest BCUT2D eigenvalue weighted by atomic mass is 10.0. The van der Waals surface area contributed by atoms with Crippen molar-refractivity contribution < 1.29 is 4.74 Å². The van der Waals surface area contributed by atoms with Crippen molar-refractivity contribution in [1.29, 1.82) is 0 Å². The number of aromatic nitrogens is 2. The molecule has 1 aliphatic rings. The Hall–Kier alpha value is -2.68. The molecule has 30 heavy (non-hydrogen) atoms. The SMILES string of the molecule is CCCCCCCCc1ccc(-c2cnc(-c3ccc4c(c3)CC(C)O4)nc2)cc1. The molecule has 3 heteroatoms. The Morgan fingerprint density at radius 3 is 2.30 bits per heavy atom. The summed E-state index contributed by atoms with van der Waals surface area (Å²) in [5, 5.41) is 0. The average Bonchev–Trinajstić information content (AvgIpc) is 3.16. The van der Waals surface area contributed by atoms with Crippen molar-refractivity contribution in [2.45, 2.75) is 71.3 Å². The zero-order chi connectivity index (χ0) is 20.8. The number of fused-ring (bicyclic) bond motifs is 1. The molecule has 2 heterocycles. The van der Waals surface area contributed by atoms with Crippen LogP contribution < -0.4 is 4.74 Å². The van der Waals surface area contributed by atoms with Crippen LogP contribution in [0.4, 0.5) is 0 Å². The van der Waals surface area contributed by atoms with Crippen LogP contribution in [0.25, 0.3) is 22.5 Å². The smallest absolute Gasteiger partial charge is 0.159 e. The molecule has 1 aliphatic heterocycles. The number of unbranched alkanes of at least 4 members (excludes halogenated alkanes) is 5. The maximum atomic E-state index is 5.79. The van der Waals surface area contributed by atoms with E-state index in [9.17, 15) is 0 Å². The fraction of sp³-hybridized carbons (Fsp3) is 0.407. The van der Waals surface area contributed by atoms with Crippen LogP contribution in [0.1, 0.15) is 63.5 Å². The van der Waals surface area contributed by atoms with Gasteiger partial charge in [-0.2, -0.15) is 0 Å². The molecular weight excluding hydrogens is 368 g/mol. The van der Waals surface area contributed by atoms with Gasteiger partial charge < -0.3 is 4.74 Å². The van der Waals surface area contributed by atoms with Gasteiger partial charge >= 0.3 is 0 Å². The summed E-state index contributed by atoms with van der Waals surface area (Å²) in [5.74, 6) is 1.75. The molecule has 1 unspecified atom stereocenters. The average molecular weight is 401 g/mol. The summed E-state index contributed by atoms with van der Waals surface area (Å²) in [5.41, 5.74) is 5.94. The van der Waals surface area contributed by atoms with Crippen LogP contribution in [0.5, 0.6) is 5.75 Å². The van der Waals surface area contributed by atoms with Crippen molar-refractivity contribution in [3.05, 3.63) is 66.0 Å². The molecule has 3 aromatic rings. The van der Waals surface area contributed by atoms with Gasteiger partial charge in [0.1, 0.15) is 11.9 Å². The Morgan fingerprint density at radius 1 is 0.833 bits per heavy atom. The summed E-state index contributed by atoms with van der Waals surface area (Å²) in [6.45, 7) is 4.37. The maximum Gasteiger partial charge on any atom is 0.159 e. The Balaban J connectivity index is 1.36. The lowest BCUT2D eigenvalue weighted by Crippen LogP contribution is -2.05. The summed E-state index contributed by atoms with van der Waals surface area (Å²) in [7, 11) is 0. The highest BCUT2D eigenvalue weighted by Crippen LogP contribution is 2.32. The van der Waals surface area contributed by atoms with Gasteiger partial charge in [-0.25, -0.2) is 9.97 Å². The lowest BCUT2D eigenvalue weighted by molar-refractivity contribution is 0.254. The van der Waals surface area contributed by atoms with E-state index in [0.717, 1.165) is 29.1 Å². The first-order valence-electron chi connectivity index (χ1n) is 11.4. The number of rotatable bonds is 9. The number of nitrogens with zero attached hydrogens (tertiary/aromatic N) is 2. The van der Waals surface area contributed by atoms with E-state index in [-0.39, 0.29) is 6.10 Å². The van der Waals surface area contributed by atoms with E-state index in [1.165, 1.54) is 61.6 Å². The molecule has 0 saturated heterocycles. The van der Waals surface area contributed by atoms with E-state index >= 15 is 0 Å². The molecule has 0 fully saturated rings. The van der Waals surface area contributed by atoms with E-state index in [2.05, 4.69) is 54.1 Å². The van der Waals surface area contributed by atoms with Crippen molar-refractivity contribution >= 4 is 0 Å². The number of aryl methyl sites for hydroxylation is 1. The number of benzene rings is 2. The van der Waals surface area contributed by atoms with Gasteiger partial charge in [0.25, 0.3) is 0 Å². The van der Waals surface area contributed by atoms with Crippen LogP contribution in [0.15, 0.2) is 54.9 Å². The van der Waals surface area contributed by atoms with Crippen LogP contribution in [-0.2, 0) is 12.8 Å². The molecule has 3 nitrogen and oxygen atoms in total. The van der Waals surface area contributed by atoms with Gasteiger partial charge in [0.2, 0.25) is 0 Å². The maximum absolute atomic E-state index is 5.79. The minimum absolute atomic E-state index is 0.252. The van der Waals surface area contributed by atoms with Crippen molar-refractivity contribution in [1.82, 2.24) is 9.97 Å². The van der Waals surface area contributed by atoms with E-state index in [1.54, 1.807) is 0 Å². The Kier molecular flexibility index (Phi) is 6.78. The molecule has 0 saturated carbocycles. The monoisotopic (exact) mass is 400 g/mol. The summed E-state index contributed by atoms with van der Waals surface area (Å²) in [6.07, 6.45) is 14.3. The van der Waals surface area contributed by atoms with Gasteiger partial charge in [-0.15, -0.1) is 0 Å². The normalized spacial score (nSPS) is 15.1. The molecule has 0 N–H and O–H groups in total. The van der Waals surface area contributed by atoms with E-state index in [4.69, 9.17) is 4.74 Å². The van der Waals surface area contributed by atoms with Gasteiger partial charge in [-0.3, -0.25) is 0 Å². The number of ether oxygens (including phenoxy) is 1. The third kappa shape index (κ3) is 5.08. The van der Waals surface area contributed by atoms with Crippen LogP contribution in [0, 0.1) is 0 Å². The second-order valence-electron chi connectivity index (χ2n) is 8.47. The van der Waals surface area contributed by atoms with Crippen molar-refractivity contribution in [2.75, 3.05) is 0 Å². The lowest BCUT2D eigenvalue weighted by Gasteiger charge is -2.06. The highest BCUT2D eigenvalue weighted by Gasteiger charge is 2.19. The minimum Gasteiger partial charge on any atom is -0.490 e. The predicted octanol–water partition coefficient (Wildman–Crippen LogP) is 7.04. The zero-order valence-corrected chi connectivity index (χ0v) is 18.2. The third-order valence-corrected chi connectivity index (χ3v) is 5.91. The van der Waals surface area contributed by atoms with Crippen molar-refractivity contribution in [3.63, 3.8) is 0 Å². The zero-order valence-electron chi connectivity index (χ0n) is 18.2. The van der Waals surface area contributed by atoms with Crippen LogP contribution in [-0.4, -0.2) is 16.1 Å².